The van der Waals surface area contributed by atoms with Crippen LogP contribution in [0.15, 0.2) is 0 Å². The van der Waals surface area contributed by atoms with Gasteiger partial charge in [-0.05, 0) is 19.3 Å². The summed E-state index contributed by atoms with van der Waals surface area (Å²) in [5.74, 6) is 0.0962. The SMILES string of the molecule is N#CCCCNC(=O)CCCCBr. The van der Waals surface area contributed by atoms with Crippen LogP contribution in [0.4, 0.5) is 0 Å². The molecule has 0 fully saturated rings. The first-order valence-electron chi connectivity index (χ1n) is 4.51. The second-order valence-electron chi connectivity index (χ2n) is 2.76. The molecule has 4 heteroatoms. The number of nitriles is 1. The summed E-state index contributed by atoms with van der Waals surface area (Å²) in [5, 5.41) is 12.0. The van der Waals surface area contributed by atoms with E-state index in [1.165, 1.54) is 0 Å². The molecule has 0 saturated carbocycles. The highest BCUT2D eigenvalue weighted by Crippen LogP contribution is 1.98. The summed E-state index contributed by atoms with van der Waals surface area (Å²) < 4.78 is 0. The molecular formula is C9H15BrN2O. The van der Waals surface area contributed by atoms with Crippen molar-refractivity contribution in [3.63, 3.8) is 0 Å². The molecule has 0 aliphatic carbocycles. The Hall–Kier alpha value is -0.560. The van der Waals surface area contributed by atoms with Crippen LogP contribution in [0.1, 0.15) is 32.1 Å². The Balaban J connectivity index is 3.16. The molecule has 0 spiro atoms. The van der Waals surface area contributed by atoms with E-state index in [-0.39, 0.29) is 5.91 Å². The third kappa shape index (κ3) is 9.35. The fourth-order valence-electron chi connectivity index (χ4n) is 0.864. The van der Waals surface area contributed by atoms with Crippen LogP contribution in [0.25, 0.3) is 0 Å². The van der Waals surface area contributed by atoms with E-state index in [1.807, 2.05) is 6.07 Å². The molecule has 0 aromatic carbocycles. The van der Waals surface area contributed by atoms with Gasteiger partial charge in [0.1, 0.15) is 0 Å². The van der Waals surface area contributed by atoms with E-state index in [4.69, 9.17) is 5.26 Å². The highest BCUT2D eigenvalue weighted by atomic mass is 79.9. The van der Waals surface area contributed by atoms with E-state index in [1.54, 1.807) is 0 Å². The molecule has 13 heavy (non-hydrogen) atoms. The van der Waals surface area contributed by atoms with Crippen molar-refractivity contribution in [2.45, 2.75) is 32.1 Å². The van der Waals surface area contributed by atoms with Gasteiger partial charge in [0.2, 0.25) is 5.91 Å². The number of carbonyl (C=O) groups excluding carboxylic acids is 1. The number of amides is 1. The molecule has 74 valence electrons. The van der Waals surface area contributed by atoms with Gasteiger partial charge in [-0.15, -0.1) is 0 Å². The lowest BCUT2D eigenvalue weighted by Gasteiger charge is -2.02. The van der Waals surface area contributed by atoms with Crippen molar-refractivity contribution in [1.82, 2.24) is 5.32 Å². The second kappa shape index (κ2) is 9.53. The van der Waals surface area contributed by atoms with Crippen molar-refractivity contribution < 1.29 is 4.79 Å². The maximum Gasteiger partial charge on any atom is 0.219 e. The largest absolute Gasteiger partial charge is 0.356 e. The number of unbranched alkanes of at least 4 members (excludes halogenated alkanes) is 2. The first kappa shape index (κ1) is 12.4. The maximum atomic E-state index is 11.1. The molecule has 1 amide bonds. The van der Waals surface area contributed by atoms with Gasteiger partial charge in [0, 0.05) is 24.7 Å². The Morgan fingerprint density at radius 2 is 2.15 bits per heavy atom. The van der Waals surface area contributed by atoms with E-state index in [2.05, 4.69) is 21.2 Å². The molecule has 3 nitrogen and oxygen atoms in total. The van der Waals surface area contributed by atoms with Gasteiger partial charge in [0.25, 0.3) is 0 Å². The smallest absolute Gasteiger partial charge is 0.219 e. The number of carbonyl (C=O) groups is 1. The third-order valence-corrected chi connectivity index (χ3v) is 2.14. The van der Waals surface area contributed by atoms with Crippen LogP contribution in [0.2, 0.25) is 0 Å². The fraction of sp³-hybridized carbons (Fsp3) is 0.778. The number of rotatable bonds is 7. The predicted octanol–water partition coefficient (Wildman–Crippen LogP) is 1.97. The highest BCUT2D eigenvalue weighted by molar-refractivity contribution is 9.09. The Kier molecular flexibility index (Phi) is 9.12. The van der Waals surface area contributed by atoms with Crippen LogP contribution in [0, 0.1) is 11.3 Å². The van der Waals surface area contributed by atoms with Gasteiger partial charge >= 0.3 is 0 Å². The van der Waals surface area contributed by atoms with Crippen molar-refractivity contribution in [2.75, 3.05) is 11.9 Å². The van der Waals surface area contributed by atoms with Crippen LogP contribution in [-0.4, -0.2) is 17.8 Å². The van der Waals surface area contributed by atoms with Crippen molar-refractivity contribution in [2.24, 2.45) is 0 Å². The molecule has 0 aromatic rings. The van der Waals surface area contributed by atoms with E-state index >= 15 is 0 Å². The second-order valence-corrected chi connectivity index (χ2v) is 3.55. The zero-order valence-corrected chi connectivity index (χ0v) is 9.27. The van der Waals surface area contributed by atoms with Crippen molar-refractivity contribution in [1.29, 1.82) is 5.26 Å². The topological polar surface area (TPSA) is 52.9 Å². The molecule has 1 N–H and O–H groups in total. The van der Waals surface area contributed by atoms with Crippen LogP contribution >= 0.6 is 15.9 Å². The Morgan fingerprint density at radius 3 is 2.77 bits per heavy atom. The van der Waals surface area contributed by atoms with Crippen LogP contribution in [-0.2, 0) is 4.79 Å². The van der Waals surface area contributed by atoms with E-state index in [0.29, 0.717) is 19.4 Å². The maximum absolute atomic E-state index is 11.1. The summed E-state index contributed by atoms with van der Waals surface area (Å²) in [6.45, 7) is 0.626. The number of halogens is 1. The Labute approximate surface area is 87.6 Å². The molecule has 0 rings (SSSR count). The molecule has 0 radical (unpaired) electrons. The van der Waals surface area contributed by atoms with Gasteiger partial charge in [-0.2, -0.15) is 5.26 Å². The lowest BCUT2D eigenvalue weighted by Crippen LogP contribution is -2.23. The molecule has 0 heterocycles. The predicted molar refractivity (Wildman–Crippen MR) is 55.5 cm³/mol. The number of hydrogen-bond acceptors (Lipinski definition) is 2. The number of nitrogens with one attached hydrogen (secondary N) is 1. The quantitative estimate of drug-likeness (QED) is 0.552. The van der Waals surface area contributed by atoms with E-state index in [9.17, 15) is 4.79 Å². The number of nitrogens with zero attached hydrogens (tertiary/aromatic N) is 1. The van der Waals surface area contributed by atoms with Crippen LogP contribution in [0.3, 0.4) is 0 Å². The standard InChI is InChI=1S/C9H15BrN2O/c10-6-2-1-5-9(13)12-8-4-3-7-11/h1-6,8H2,(H,12,13). The van der Waals surface area contributed by atoms with Gasteiger partial charge in [0.05, 0.1) is 6.07 Å². The minimum Gasteiger partial charge on any atom is -0.356 e. The lowest BCUT2D eigenvalue weighted by atomic mass is 10.2. The minimum atomic E-state index is 0.0962. The van der Waals surface area contributed by atoms with Crippen LogP contribution < -0.4 is 5.32 Å². The zero-order valence-electron chi connectivity index (χ0n) is 7.68. The van der Waals surface area contributed by atoms with E-state index < -0.39 is 0 Å². The lowest BCUT2D eigenvalue weighted by molar-refractivity contribution is -0.121. The van der Waals surface area contributed by atoms with Gasteiger partial charge in [-0.1, -0.05) is 15.9 Å². The molecule has 0 bridgehead atoms. The van der Waals surface area contributed by atoms with Crippen molar-refractivity contribution in [3.8, 4) is 6.07 Å². The number of alkyl halides is 1. The molecule has 0 aliphatic rings. The average molecular weight is 247 g/mol. The summed E-state index contributed by atoms with van der Waals surface area (Å²) in [5.41, 5.74) is 0. The molecule has 0 aromatic heterocycles. The average Bonchev–Trinajstić information content (AvgIpc) is 2.13. The Morgan fingerprint density at radius 1 is 1.38 bits per heavy atom. The van der Waals surface area contributed by atoms with Crippen LogP contribution in [0.5, 0.6) is 0 Å². The summed E-state index contributed by atoms with van der Waals surface area (Å²) in [7, 11) is 0. The summed E-state index contributed by atoms with van der Waals surface area (Å²) in [4.78, 5) is 11.1. The fourth-order valence-corrected chi connectivity index (χ4v) is 1.26. The first-order valence-corrected chi connectivity index (χ1v) is 5.63. The summed E-state index contributed by atoms with van der Waals surface area (Å²) >= 11 is 3.30. The Bertz CT molecular complexity index is 177. The first-order chi connectivity index (χ1) is 6.31. The van der Waals surface area contributed by atoms with Crippen molar-refractivity contribution in [3.05, 3.63) is 0 Å². The normalized spacial score (nSPS) is 9.23. The molecular weight excluding hydrogens is 232 g/mol. The van der Waals surface area contributed by atoms with Gasteiger partial charge < -0.3 is 5.32 Å². The molecule has 0 atom stereocenters. The third-order valence-electron chi connectivity index (χ3n) is 1.57. The number of hydrogen-bond donors (Lipinski definition) is 1. The molecule has 0 aliphatic heterocycles. The van der Waals surface area contributed by atoms with Crippen molar-refractivity contribution >= 4 is 21.8 Å². The van der Waals surface area contributed by atoms with Gasteiger partial charge in [0.15, 0.2) is 0 Å². The minimum absolute atomic E-state index is 0.0962. The summed E-state index contributed by atoms with van der Waals surface area (Å²) in [6.07, 6.45) is 3.82. The van der Waals surface area contributed by atoms with Gasteiger partial charge in [-0.25, -0.2) is 0 Å². The van der Waals surface area contributed by atoms with Gasteiger partial charge in [-0.3, -0.25) is 4.79 Å². The zero-order chi connectivity index (χ0) is 9.94. The molecule has 0 saturated heterocycles. The highest BCUT2D eigenvalue weighted by Gasteiger charge is 1.98. The summed E-state index contributed by atoms with van der Waals surface area (Å²) in [6, 6.07) is 2.04. The molecule has 0 unspecified atom stereocenters. The van der Waals surface area contributed by atoms with E-state index in [0.717, 1.165) is 24.6 Å². The monoisotopic (exact) mass is 246 g/mol.